The molecule has 0 atom stereocenters. The highest BCUT2D eigenvalue weighted by atomic mass is 35.5. The first-order chi connectivity index (χ1) is 8.24. The number of halogens is 1. The molecule has 0 amide bonds. The minimum absolute atomic E-state index is 0.854. The van der Waals surface area contributed by atoms with Gasteiger partial charge in [0.15, 0.2) is 0 Å². The second-order valence-corrected chi connectivity index (χ2v) is 4.78. The Balaban J connectivity index is 2.14. The molecule has 1 rings (SSSR count). The van der Waals surface area contributed by atoms with Gasteiger partial charge in [-0.2, -0.15) is 0 Å². The smallest absolute Gasteiger partial charge is 0.0453 e. The quantitative estimate of drug-likeness (QED) is 0.697. The lowest BCUT2D eigenvalue weighted by atomic mass is 10.1. The molecular formula is C14H23ClN2. The average molecular weight is 255 g/mol. The van der Waals surface area contributed by atoms with Gasteiger partial charge >= 0.3 is 0 Å². The van der Waals surface area contributed by atoms with Gasteiger partial charge in [0.1, 0.15) is 0 Å². The van der Waals surface area contributed by atoms with Crippen LogP contribution in [0.15, 0.2) is 18.2 Å². The van der Waals surface area contributed by atoms with Crippen LogP contribution in [0.5, 0.6) is 0 Å². The molecule has 0 saturated heterocycles. The highest BCUT2D eigenvalue weighted by Gasteiger charge is 1.99. The van der Waals surface area contributed by atoms with Crippen LogP contribution in [0.25, 0.3) is 0 Å². The SMILES string of the molecule is CCCNCCCNCc1ccc(C)cc1Cl. The van der Waals surface area contributed by atoms with E-state index in [-0.39, 0.29) is 0 Å². The van der Waals surface area contributed by atoms with Crippen LogP contribution in [-0.2, 0) is 6.54 Å². The number of aryl methyl sites for hydroxylation is 1. The largest absolute Gasteiger partial charge is 0.317 e. The van der Waals surface area contributed by atoms with Crippen LogP contribution in [0.4, 0.5) is 0 Å². The van der Waals surface area contributed by atoms with Gasteiger partial charge in [-0.25, -0.2) is 0 Å². The Kier molecular flexibility index (Phi) is 7.25. The molecule has 3 heteroatoms. The van der Waals surface area contributed by atoms with Gasteiger partial charge in [0.05, 0.1) is 0 Å². The molecule has 17 heavy (non-hydrogen) atoms. The summed E-state index contributed by atoms with van der Waals surface area (Å²) in [5.74, 6) is 0. The predicted molar refractivity (Wildman–Crippen MR) is 75.7 cm³/mol. The first kappa shape index (κ1) is 14.5. The van der Waals surface area contributed by atoms with Crippen molar-refractivity contribution in [1.82, 2.24) is 10.6 Å². The Hall–Kier alpha value is -0.570. The predicted octanol–water partition coefficient (Wildman–Crippen LogP) is 3.13. The van der Waals surface area contributed by atoms with Gasteiger partial charge in [-0.15, -0.1) is 0 Å². The number of hydrogen-bond donors (Lipinski definition) is 2. The summed E-state index contributed by atoms with van der Waals surface area (Å²) in [7, 11) is 0. The Labute approximate surface area is 110 Å². The Bertz CT molecular complexity index is 326. The van der Waals surface area contributed by atoms with Crippen molar-refractivity contribution in [3.05, 3.63) is 34.3 Å². The summed E-state index contributed by atoms with van der Waals surface area (Å²) in [6, 6.07) is 6.22. The summed E-state index contributed by atoms with van der Waals surface area (Å²) in [6.45, 7) is 8.33. The fourth-order valence-corrected chi connectivity index (χ4v) is 1.96. The van der Waals surface area contributed by atoms with Gasteiger partial charge in [-0.05, 0) is 56.6 Å². The summed E-state index contributed by atoms with van der Waals surface area (Å²) in [5, 5.41) is 7.66. The molecule has 0 fully saturated rings. The molecular weight excluding hydrogens is 232 g/mol. The second-order valence-electron chi connectivity index (χ2n) is 4.38. The van der Waals surface area contributed by atoms with E-state index in [1.165, 1.54) is 17.5 Å². The molecule has 2 N–H and O–H groups in total. The molecule has 0 bridgehead atoms. The Morgan fingerprint density at radius 2 is 1.88 bits per heavy atom. The van der Waals surface area contributed by atoms with Crippen molar-refractivity contribution >= 4 is 11.6 Å². The topological polar surface area (TPSA) is 24.1 Å². The van der Waals surface area contributed by atoms with E-state index >= 15 is 0 Å². The molecule has 0 aromatic heterocycles. The van der Waals surface area contributed by atoms with E-state index in [0.717, 1.165) is 37.6 Å². The van der Waals surface area contributed by atoms with Crippen LogP contribution >= 0.6 is 11.6 Å². The minimum atomic E-state index is 0.854. The lowest BCUT2D eigenvalue weighted by Gasteiger charge is -2.08. The first-order valence-electron chi connectivity index (χ1n) is 6.40. The van der Waals surface area contributed by atoms with Crippen LogP contribution < -0.4 is 10.6 Å². The summed E-state index contributed by atoms with van der Waals surface area (Å²) in [5.41, 5.74) is 2.39. The van der Waals surface area contributed by atoms with Crippen molar-refractivity contribution < 1.29 is 0 Å². The van der Waals surface area contributed by atoms with Crippen molar-refractivity contribution in [2.45, 2.75) is 33.2 Å². The van der Waals surface area contributed by atoms with Gasteiger partial charge in [-0.3, -0.25) is 0 Å². The van der Waals surface area contributed by atoms with E-state index in [1.54, 1.807) is 0 Å². The monoisotopic (exact) mass is 254 g/mol. The number of hydrogen-bond acceptors (Lipinski definition) is 2. The highest BCUT2D eigenvalue weighted by molar-refractivity contribution is 6.31. The van der Waals surface area contributed by atoms with Crippen LogP contribution in [0.2, 0.25) is 5.02 Å². The van der Waals surface area contributed by atoms with Crippen molar-refractivity contribution in [3.8, 4) is 0 Å². The molecule has 1 aromatic carbocycles. The zero-order valence-electron chi connectivity index (χ0n) is 10.9. The van der Waals surface area contributed by atoms with Crippen molar-refractivity contribution in [1.29, 1.82) is 0 Å². The molecule has 0 heterocycles. The summed E-state index contributed by atoms with van der Waals surface area (Å²) in [4.78, 5) is 0. The maximum atomic E-state index is 6.16. The fraction of sp³-hybridized carbons (Fsp3) is 0.571. The van der Waals surface area contributed by atoms with Crippen LogP contribution in [0.1, 0.15) is 30.9 Å². The third kappa shape index (κ3) is 6.06. The van der Waals surface area contributed by atoms with E-state index in [1.807, 2.05) is 6.07 Å². The molecule has 1 aromatic rings. The first-order valence-corrected chi connectivity index (χ1v) is 6.78. The standard InChI is InChI=1S/C14H23ClN2/c1-3-7-16-8-4-9-17-11-13-6-5-12(2)10-14(13)15/h5-6,10,16-17H,3-4,7-9,11H2,1-2H3. The number of nitrogens with one attached hydrogen (secondary N) is 2. The maximum absolute atomic E-state index is 6.16. The lowest BCUT2D eigenvalue weighted by molar-refractivity contribution is 0.592. The summed E-state index contributed by atoms with van der Waals surface area (Å²) < 4.78 is 0. The van der Waals surface area contributed by atoms with Gasteiger partial charge in [0.25, 0.3) is 0 Å². The second kappa shape index (κ2) is 8.51. The highest BCUT2D eigenvalue weighted by Crippen LogP contribution is 2.17. The van der Waals surface area contributed by atoms with Gasteiger partial charge in [-0.1, -0.05) is 30.7 Å². The zero-order valence-corrected chi connectivity index (χ0v) is 11.6. The third-order valence-electron chi connectivity index (χ3n) is 2.66. The van der Waals surface area contributed by atoms with Gasteiger partial charge in [0, 0.05) is 11.6 Å². The van der Waals surface area contributed by atoms with E-state index in [4.69, 9.17) is 11.6 Å². The van der Waals surface area contributed by atoms with Gasteiger partial charge in [0.2, 0.25) is 0 Å². The molecule has 0 aliphatic heterocycles. The maximum Gasteiger partial charge on any atom is 0.0453 e. The molecule has 96 valence electrons. The van der Waals surface area contributed by atoms with E-state index in [2.05, 4.69) is 36.6 Å². The van der Waals surface area contributed by atoms with E-state index in [0.29, 0.717) is 0 Å². The number of benzene rings is 1. The van der Waals surface area contributed by atoms with Crippen molar-refractivity contribution in [3.63, 3.8) is 0 Å². The van der Waals surface area contributed by atoms with E-state index in [9.17, 15) is 0 Å². The average Bonchev–Trinajstić information content (AvgIpc) is 2.30. The number of rotatable bonds is 8. The molecule has 0 aliphatic rings. The molecule has 0 unspecified atom stereocenters. The fourth-order valence-electron chi connectivity index (χ4n) is 1.66. The molecule has 0 saturated carbocycles. The van der Waals surface area contributed by atoms with Crippen LogP contribution in [0, 0.1) is 6.92 Å². The summed E-state index contributed by atoms with van der Waals surface area (Å²) >= 11 is 6.16. The van der Waals surface area contributed by atoms with E-state index < -0.39 is 0 Å². The Morgan fingerprint density at radius 3 is 2.59 bits per heavy atom. The minimum Gasteiger partial charge on any atom is -0.317 e. The molecule has 0 aliphatic carbocycles. The van der Waals surface area contributed by atoms with Crippen LogP contribution in [0.3, 0.4) is 0 Å². The normalized spacial score (nSPS) is 10.8. The van der Waals surface area contributed by atoms with Gasteiger partial charge < -0.3 is 10.6 Å². The zero-order chi connectivity index (χ0) is 12.5. The third-order valence-corrected chi connectivity index (χ3v) is 3.01. The van der Waals surface area contributed by atoms with Crippen LogP contribution in [-0.4, -0.2) is 19.6 Å². The lowest BCUT2D eigenvalue weighted by Crippen LogP contribution is -2.22. The molecule has 2 nitrogen and oxygen atoms in total. The Morgan fingerprint density at radius 1 is 1.12 bits per heavy atom. The molecule has 0 radical (unpaired) electrons. The summed E-state index contributed by atoms with van der Waals surface area (Å²) in [6.07, 6.45) is 2.36. The van der Waals surface area contributed by atoms with Crippen molar-refractivity contribution in [2.75, 3.05) is 19.6 Å². The molecule has 0 spiro atoms. The van der Waals surface area contributed by atoms with Crippen molar-refractivity contribution in [2.24, 2.45) is 0 Å².